The quantitative estimate of drug-likeness (QED) is 0.0459. The van der Waals surface area contributed by atoms with E-state index in [0.717, 1.165) is 62.9 Å². The molecule has 0 saturated heterocycles. The lowest BCUT2D eigenvalue weighted by Crippen LogP contribution is -2.24. The predicted octanol–water partition coefficient (Wildman–Crippen LogP) is 12.7. The van der Waals surface area contributed by atoms with E-state index in [4.69, 9.17) is 14.2 Å². The zero-order chi connectivity index (χ0) is 35.6. The number of hydrogen-bond donors (Lipinski definition) is 0. The van der Waals surface area contributed by atoms with Gasteiger partial charge >= 0.3 is 0 Å². The van der Waals surface area contributed by atoms with Crippen molar-refractivity contribution in [1.82, 2.24) is 0 Å². The zero-order valence-corrected chi connectivity index (χ0v) is 30.4. The maximum atomic E-state index is 14.7. The van der Waals surface area contributed by atoms with Crippen molar-refractivity contribution in [2.24, 2.45) is 5.92 Å². The number of rotatable bonds is 27. The Bertz CT molecular complexity index is 1370. The van der Waals surface area contributed by atoms with Gasteiger partial charge in [0.25, 0.3) is 0 Å². The summed E-state index contributed by atoms with van der Waals surface area (Å²) in [5.41, 5.74) is 4.59. The summed E-state index contributed by atoms with van der Waals surface area (Å²) in [6.45, 7) is 2.64. The van der Waals surface area contributed by atoms with Crippen LogP contribution in [0.3, 0.4) is 0 Å². The van der Waals surface area contributed by atoms with E-state index in [1.54, 1.807) is 0 Å². The van der Waals surface area contributed by atoms with Crippen LogP contribution in [-0.4, -0.2) is 32.2 Å². The van der Waals surface area contributed by atoms with Crippen LogP contribution in [0.2, 0.25) is 0 Å². The smallest absolute Gasteiger partial charge is 0.165 e. The lowest BCUT2D eigenvalue weighted by molar-refractivity contribution is 0.104. The van der Waals surface area contributed by atoms with Gasteiger partial charge in [-0.05, 0) is 78.8 Å². The van der Waals surface area contributed by atoms with Gasteiger partial charge in [0.05, 0.1) is 13.2 Å². The Hall–Kier alpha value is -3.80. The number of unbranched alkanes of at least 4 members (excludes halogenated alkanes) is 6. The first-order valence-corrected chi connectivity index (χ1v) is 19.1. The van der Waals surface area contributed by atoms with Crippen molar-refractivity contribution in [3.63, 3.8) is 0 Å². The molecule has 4 aromatic carbocycles. The Balaban J connectivity index is 1.11. The highest BCUT2D eigenvalue weighted by Gasteiger charge is 2.20. The fourth-order valence-corrected chi connectivity index (χ4v) is 6.17. The molecule has 3 nitrogen and oxygen atoms in total. The summed E-state index contributed by atoms with van der Waals surface area (Å²) >= 11 is 0. The molecule has 0 heterocycles. The minimum atomic E-state index is -1.66. The van der Waals surface area contributed by atoms with E-state index in [1.807, 2.05) is 91.0 Å². The molecule has 2 atom stereocenters. The Morgan fingerprint density at radius 3 is 1.53 bits per heavy atom. The first-order valence-electron chi connectivity index (χ1n) is 19.1. The van der Waals surface area contributed by atoms with E-state index in [9.17, 15) is 8.78 Å². The fourth-order valence-electron chi connectivity index (χ4n) is 6.17. The molecule has 51 heavy (non-hydrogen) atoms. The van der Waals surface area contributed by atoms with E-state index >= 15 is 0 Å². The van der Waals surface area contributed by atoms with E-state index in [0.29, 0.717) is 31.3 Å². The van der Waals surface area contributed by atoms with Crippen LogP contribution >= 0.6 is 0 Å². The monoisotopic (exact) mass is 696 g/mol. The van der Waals surface area contributed by atoms with Crippen LogP contribution in [0.15, 0.2) is 127 Å². The van der Waals surface area contributed by atoms with Crippen LogP contribution < -0.4 is 4.74 Å². The van der Waals surface area contributed by atoms with Crippen LogP contribution in [0.4, 0.5) is 8.78 Å². The van der Waals surface area contributed by atoms with Gasteiger partial charge in [0.15, 0.2) is 6.17 Å². The first kappa shape index (κ1) is 40.0. The molecule has 4 aromatic rings. The van der Waals surface area contributed by atoms with Crippen molar-refractivity contribution in [3.05, 3.63) is 139 Å². The summed E-state index contributed by atoms with van der Waals surface area (Å²) in [7, 11) is 0. The highest BCUT2D eigenvalue weighted by molar-refractivity contribution is 5.63. The predicted molar refractivity (Wildman–Crippen MR) is 207 cm³/mol. The molecule has 5 heteroatoms. The largest absolute Gasteiger partial charge is 0.490 e. The zero-order valence-electron chi connectivity index (χ0n) is 30.4. The summed E-state index contributed by atoms with van der Waals surface area (Å²) in [6.07, 6.45) is 13.2. The highest BCUT2D eigenvalue weighted by Crippen LogP contribution is 2.24. The van der Waals surface area contributed by atoms with Crippen LogP contribution in [0.5, 0.6) is 5.75 Å². The molecule has 2 unspecified atom stereocenters. The van der Waals surface area contributed by atoms with Crippen molar-refractivity contribution in [1.29, 1.82) is 0 Å². The van der Waals surface area contributed by atoms with Crippen molar-refractivity contribution >= 4 is 0 Å². The number of hydrogen-bond acceptors (Lipinski definition) is 3. The maximum Gasteiger partial charge on any atom is 0.165 e. The minimum Gasteiger partial charge on any atom is -0.490 e. The molecule has 0 amide bonds. The van der Waals surface area contributed by atoms with Gasteiger partial charge in [-0.3, -0.25) is 0 Å². The third kappa shape index (κ3) is 17.3. The van der Waals surface area contributed by atoms with E-state index in [-0.39, 0.29) is 13.0 Å². The van der Waals surface area contributed by atoms with Gasteiger partial charge in [0.1, 0.15) is 18.5 Å². The van der Waals surface area contributed by atoms with Gasteiger partial charge in [-0.25, -0.2) is 8.78 Å². The normalized spacial score (nSPS) is 12.8. The van der Waals surface area contributed by atoms with Gasteiger partial charge in [-0.1, -0.05) is 154 Å². The van der Waals surface area contributed by atoms with Crippen LogP contribution in [0, 0.1) is 5.92 Å². The molecule has 0 radical (unpaired) electrons. The summed E-state index contributed by atoms with van der Waals surface area (Å²) in [6, 6.07) is 38.1. The summed E-state index contributed by atoms with van der Waals surface area (Å²) in [5.74, 6) is 1.02. The number of benzene rings is 4. The van der Waals surface area contributed by atoms with Gasteiger partial charge < -0.3 is 14.2 Å². The number of allylic oxidation sites excluding steroid dienone is 2. The summed E-state index contributed by atoms with van der Waals surface area (Å²) in [5, 5.41) is 0. The average Bonchev–Trinajstić information content (AvgIpc) is 3.18. The van der Waals surface area contributed by atoms with Crippen molar-refractivity contribution in [3.8, 4) is 16.9 Å². The first-order chi connectivity index (χ1) is 25.2. The Labute approximate surface area is 306 Å². The van der Waals surface area contributed by atoms with Gasteiger partial charge in [0.2, 0.25) is 0 Å². The third-order valence-electron chi connectivity index (χ3n) is 9.23. The molecule has 0 aliphatic rings. The van der Waals surface area contributed by atoms with Crippen molar-refractivity contribution < 1.29 is 23.0 Å². The van der Waals surface area contributed by atoms with Crippen LogP contribution in [0.1, 0.15) is 88.2 Å². The highest BCUT2D eigenvalue weighted by atomic mass is 19.2. The Morgan fingerprint density at radius 1 is 0.490 bits per heavy atom. The molecule has 274 valence electrons. The second kappa shape index (κ2) is 25.2. The standard InChI is InChI=1S/C46H58F2O3/c47-45(46(48)38-51-44-32-30-43(31-33-44)42-27-14-7-15-28-42)29-17-16-22-39(20-8-1-3-18-34-49-36-40-23-10-5-11-24-40)21-9-2-4-19-35-50-37-41-25-12-6-13-26-41/h5-7,10-16,22-28,30-33,39,45-46H,1-4,8-9,17-21,29,34-38H2. The lowest BCUT2D eigenvalue weighted by Gasteiger charge is -2.15. The molecule has 0 saturated carbocycles. The summed E-state index contributed by atoms with van der Waals surface area (Å²) < 4.78 is 46.7. The molecule has 0 spiro atoms. The van der Waals surface area contributed by atoms with Gasteiger partial charge in [-0.15, -0.1) is 0 Å². The number of alkyl halides is 2. The van der Waals surface area contributed by atoms with E-state index < -0.39 is 12.3 Å². The molecule has 0 N–H and O–H groups in total. The maximum absolute atomic E-state index is 14.7. The summed E-state index contributed by atoms with van der Waals surface area (Å²) in [4.78, 5) is 0. The van der Waals surface area contributed by atoms with Crippen molar-refractivity contribution in [2.45, 2.75) is 103 Å². The molecule has 0 aliphatic carbocycles. The average molecular weight is 697 g/mol. The molecular formula is C46H58F2O3. The third-order valence-corrected chi connectivity index (χ3v) is 9.23. The molecule has 4 rings (SSSR count). The van der Waals surface area contributed by atoms with Crippen molar-refractivity contribution in [2.75, 3.05) is 19.8 Å². The number of halogens is 2. The van der Waals surface area contributed by atoms with Crippen LogP contribution in [-0.2, 0) is 22.7 Å². The molecule has 0 bridgehead atoms. The second-order valence-electron chi connectivity index (χ2n) is 13.5. The van der Waals surface area contributed by atoms with Gasteiger partial charge in [-0.2, -0.15) is 0 Å². The van der Waals surface area contributed by atoms with Gasteiger partial charge in [0, 0.05) is 13.2 Å². The molecule has 0 aliphatic heterocycles. The fraction of sp³-hybridized carbons (Fsp3) is 0.435. The minimum absolute atomic E-state index is 0.159. The Morgan fingerprint density at radius 2 is 0.980 bits per heavy atom. The van der Waals surface area contributed by atoms with E-state index in [2.05, 4.69) is 36.4 Å². The number of ether oxygens (including phenoxy) is 3. The molecule has 0 fully saturated rings. The SMILES string of the molecule is FC(CCC=CC(CCCCCCOCc1ccccc1)CCCCCCOCc1ccccc1)C(F)COc1ccc(-c2ccccc2)cc1. The lowest BCUT2D eigenvalue weighted by atomic mass is 9.93. The van der Waals surface area contributed by atoms with Crippen LogP contribution in [0.25, 0.3) is 11.1 Å². The van der Waals surface area contributed by atoms with E-state index in [1.165, 1.54) is 36.8 Å². The second-order valence-corrected chi connectivity index (χ2v) is 13.5. The molecule has 0 aromatic heterocycles. The molecular weight excluding hydrogens is 638 g/mol. The topological polar surface area (TPSA) is 27.7 Å². The Kier molecular flexibility index (Phi) is 19.8.